The third-order valence-corrected chi connectivity index (χ3v) is 4.33. The maximum Gasteiger partial charge on any atom is 0.276 e. The molecule has 5 nitrogen and oxygen atoms in total. The summed E-state index contributed by atoms with van der Waals surface area (Å²) in [5.74, 6) is 1.32. The number of carbonyl (C=O) groups excluding carboxylic acids is 1. The highest BCUT2D eigenvalue weighted by Gasteiger charge is 2.34. The molecular weight excluding hydrogens is 266 g/mol. The van der Waals surface area contributed by atoms with Crippen LogP contribution in [0.25, 0.3) is 0 Å². The summed E-state index contributed by atoms with van der Waals surface area (Å²) in [5, 5.41) is 3.97. The summed E-state index contributed by atoms with van der Waals surface area (Å²) < 4.78 is 5.30. The highest BCUT2D eigenvalue weighted by molar-refractivity contribution is 5.92. The molecule has 2 aromatic heterocycles. The zero-order valence-electron chi connectivity index (χ0n) is 11.7. The van der Waals surface area contributed by atoms with Crippen molar-refractivity contribution in [1.29, 1.82) is 0 Å². The smallest absolute Gasteiger partial charge is 0.276 e. The molecule has 1 amide bonds. The number of amides is 1. The molecule has 21 heavy (non-hydrogen) atoms. The van der Waals surface area contributed by atoms with Gasteiger partial charge < -0.3 is 9.42 Å². The summed E-state index contributed by atoms with van der Waals surface area (Å²) in [6.07, 6.45) is 7.85. The van der Waals surface area contributed by atoms with Crippen molar-refractivity contribution in [2.75, 3.05) is 6.54 Å². The van der Waals surface area contributed by atoms with Crippen LogP contribution in [0.3, 0.4) is 0 Å². The second kappa shape index (κ2) is 4.98. The Morgan fingerprint density at radius 3 is 2.81 bits per heavy atom. The van der Waals surface area contributed by atoms with Crippen molar-refractivity contribution in [2.24, 2.45) is 0 Å². The van der Waals surface area contributed by atoms with Crippen molar-refractivity contribution < 1.29 is 9.32 Å². The average molecular weight is 283 g/mol. The Bertz CT molecular complexity index is 649. The number of rotatable bonds is 3. The molecule has 1 aliphatic carbocycles. The second-order valence-corrected chi connectivity index (χ2v) is 5.83. The van der Waals surface area contributed by atoms with Crippen LogP contribution in [0.4, 0.5) is 0 Å². The first kappa shape index (κ1) is 12.6. The number of nitrogens with zero attached hydrogens (tertiary/aromatic N) is 3. The van der Waals surface area contributed by atoms with Gasteiger partial charge in [-0.2, -0.15) is 0 Å². The number of likely N-dealkylation sites (tertiary alicyclic amines) is 1. The molecule has 5 heteroatoms. The van der Waals surface area contributed by atoms with Crippen LogP contribution in [-0.4, -0.2) is 27.5 Å². The summed E-state index contributed by atoms with van der Waals surface area (Å²) in [6, 6.07) is 5.91. The summed E-state index contributed by atoms with van der Waals surface area (Å²) in [5.41, 5.74) is 1.58. The average Bonchev–Trinajstić information content (AvgIpc) is 3.07. The van der Waals surface area contributed by atoms with Gasteiger partial charge in [0.1, 0.15) is 5.76 Å². The van der Waals surface area contributed by atoms with Crippen molar-refractivity contribution in [3.8, 4) is 0 Å². The summed E-state index contributed by atoms with van der Waals surface area (Å²) in [6.45, 7) is 0.775. The first-order valence-corrected chi connectivity index (χ1v) is 7.50. The van der Waals surface area contributed by atoms with E-state index in [1.807, 2.05) is 23.1 Å². The van der Waals surface area contributed by atoms with Crippen molar-refractivity contribution in [3.05, 3.63) is 47.6 Å². The predicted molar refractivity (Wildman–Crippen MR) is 75.7 cm³/mol. The fourth-order valence-electron chi connectivity index (χ4n) is 3.04. The van der Waals surface area contributed by atoms with Crippen LogP contribution in [0.2, 0.25) is 0 Å². The molecule has 108 valence electrons. The molecule has 0 aromatic carbocycles. The van der Waals surface area contributed by atoms with E-state index in [2.05, 4.69) is 10.1 Å². The molecular formula is C16H17N3O2. The lowest BCUT2D eigenvalue weighted by atomic mass is 10.1. The number of hydrogen-bond acceptors (Lipinski definition) is 4. The van der Waals surface area contributed by atoms with E-state index in [-0.39, 0.29) is 11.9 Å². The van der Waals surface area contributed by atoms with E-state index in [1.54, 1.807) is 12.4 Å². The molecule has 2 aromatic rings. The highest BCUT2D eigenvalue weighted by atomic mass is 16.5. The minimum atomic E-state index is -0.0232. The van der Waals surface area contributed by atoms with Gasteiger partial charge in [0, 0.05) is 30.9 Å². The van der Waals surface area contributed by atoms with Gasteiger partial charge in [0.05, 0.1) is 6.04 Å². The maximum atomic E-state index is 12.7. The van der Waals surface area contributed by atoms with Gasteiger partial charge in [-0.1, -0.05) is 5.16 Å². The molecule has 2 aliphatic rings. The van der Waals surface area contributed by atoms with E-state index >= 15 is 0 Å². The highest BCUT2D eigenvalue weighted by Crippen LogP contribution is 2.40. The van der Waals surface area contributed by atoms with Gasteiger partial charge in [0.15, 0.2) is 5.69 Å². The third-order valence-electron chi connectivity index (χ3n) is 4.33. The quantitative estimate of drug-likeness (QED) is 0.869. The molecule has 2 fully saturated rings. The van der Waals surface area contributed by atoms with Gasteiger partial charge in [-0.15, -0.1) is 0 Å². The van der Waals surface area contributed by atoms with Gasteiger partial charge in [-0.05, 0) is 43.4 Å². The molecule has 0 spiro atoms. The van der Waals surface area contributed by atoms with Crippen LogP contribution in [0.15, 0.2) is 35.1 Å². The molecule has 1 saturated carbocycles. The standard InChI is InChI=1S/C16H17N3O2/c20-16(13-10-15(21-18-13)12-3-4-12)19-9-1-2-14(19)11-5-7-17-8-6-11/h5-8,10,12,14H,1-4,9H2/t14-/m0/s1. The SMILES string of the molecule is O=C(c1cc(C2CC2)on1)N1CCC[C@H]1c1ccncc1. The minimum Gasteiger partial charge on any atom is -0.360 e. The monoisotopic (exact) mass is 283 g/mol. The fraction of sp³-hybridized carbons (Fsp3) is 0.438. The number of hydrogen-bond donors (Lipinski definition) is 0. The van der Waals surface area contributed by atoms with Gasteiger partial charge in [0.2, 0.25) is 0 Å². The van der Waals surface area contributed by atoms with Crippen LogP contribution in [0.5, 0.6) is 0 Å². The van der Waals surface area contributed by atoms with Crippen LogP contribution in [-0.2, 0) is 0 Å². The molecule has 0 unspecified atom stereocenters. The number of pyridine rings is 1. The number of carbonyl (C=O) groups is 1. The molecule has 4 rings (SSSR count). The molecule has 0 bridgehead atoms. The minimum absolute atomic E-state index is 0.0232. The predicted octanol–water partition coefficient (Wildman–Crippen LogP) is 2.92. The van der Waals surface area contributed by atoms with Crippen molar-refractivity contribution in [3.63, 3.8) is 0 Å². The van der Waals surface area contributed by atoms with E-state index < -0.39 is 0 Å². The van der Waals surface area contributed by atoms with E-state index in [1.165, 1.54) is 0 Å². The topological polar surface area (TPSA) is 59.2 Å². The Kier molecular flexibility index (Phi) is 2.98. The summed E-state index contributed by atoms with van der Waals surface area (Å²) in [4.78, 5) is 18.6. The number of aromatic nitrogens is 2. The fourth-order valence-corrected chi connectivity index (χ4v) is 3.04. The Morgan fingerprint density at radius 1 is 1.24 bits per heavy atom. The first-order valence-electron chi connectivity index (χ1n) is 7.50. The van der Waals surface area contributed by atoms with Crippen LogP contribution in [0.1, 0.15) is 59.5 Å². The van der Waals surface area contributed by atoms with Crippen molar-refractivity contribution >= 4 is 5.91 Å². The Balaban J connectivity index is 1.57. The molecule has 1 atom stereocenters. The van der Waals surface area contributed by atoms with Gasteiger partial charge >= 0.3 is 0 Å². The van der Waals surface area contributed by atoms with E-state index in [0.29, 0.717) is 11.6 Å². The van der Waals surface area contributed by atoms with Crippen molar-refractivity contribution in [1.82, 2.24) is 15.0 Å². The third kappa shape index (κ3) is 2.33. The zero-order chi connectivity index (χ0) is 14.2. The Hall–Kier alpha value is -2.17. The normalized spacial score (nSPS) is 21.7. The first-order chi connectivity index (χ1) is 10.3. The van der Waals surface area contributed by atoms with Crippen LogP contribution < -0.4 is 0 Å². The van der Waals surface area contributed by atoms with Crippen LogP contribution in [0, 0.1) is 0 Å². The lowest BCUT2D eigenvalue weighted by Gasteiger charge is -2.23. The maximum absolute atomic E-state index is 12.7. The lowest BCUT2D eigenvalue weighted by molar-refractivity contribution is 0.0725. The molecule has 1 saturated heterocycles. The molecule has 3 heterocycles. The van der Waals surface area contributed by atoms with Crippen LogP contribution >= 0.6 is 0 Å². The van der Waals surface area contributed by atoms with Gasteiger partial charge in [0.25, 0.3) is 5.91 Å². The largest absolute Gasteiger partial charge is 0.360 e. The van der Waals surface area contributed by atoms with Crippen molar-refractivity contribution in [2.45, 2.75) is 37.6 Å². The lowest BCUT2D eigenvalue weighted by Crippen LogP contribution is -2.30. The Morgan fingerprint density at radius 2 is 2.05 bits per heavy atom. The van der Waals surface area contributed by atoms with E-state index in [0.717, 1.165) is 43.6 Å². The zero-order valence-corrected chi connectivity index (χ0v) is 11.7. The summed E-state index contributed by atoms with van der Waals surface area (Å²) >= 11 is 0. The summed E-state index contributed by atoms with van der Waals surface area (Å²) in [7, 11) is 0. The van der Waals surface area contributed by atoms with E-state index in [9.17, 15) is 4.79 Å². The van der Waals surface area contributed by atoms with E-state index in [4.69, 9.17) is 4.52 Å². The second-order valence-electron chi connectivity index (χ2n) is 5.83. The van der Waals surface area contributed by atoms with Gasteiger partial charge in [-0.25, -0.2) is 0 Å². The Labute approximate surface area is 123 Å². The molecule has 1 aliphatic heterocycles. The molecule has 0 radical (unpaired) electrons. The van der Waals surface area contributed by atoms with Gasteiger partial charge in [-0.3, -0.25) is 9.78 Å². The molecule has 0 N–H and O–H groups in total.